The Kier molecular flexibility index (Phi) is 27.7. The molecule has 4 fully saturated rings. The van der Waals surface area contributed by atoms with E-state index in [-0.39, 0.29) is 48.7 Å². The van der Waals surface area contributed by atoms with Crippen molar-refractivity contribution >= 4 is 65.0 Å². The number of aliphatic hydroxyl groups excluding tert-OH is 6. The van der Waals surface area contributed by atoms with Crippen molar-refractivity contribution in [3.05, 3.63) is 77.9 Å². The molecule has 0 unspecified atom stereocenters. The number of aromatic hydroxyl groups is 1. The molecule has 31 heteroatoms. The zero-order chi connectivity index (χ0) is 66.6. The highest BCUT2D eigenvalue weighted by Crippen LogP contribution is 2.32. The molecule has 4 aliphatic heterocycles. The molecule has 15 N–H and O–H groups in total. The minimum atomic E-state index is -2.10. The third-order valence-corrected chi connectivity index (χ3v) is 17.2. The Morgan fingerprint density at radius 2 is 1.33 bits per heavy atom. The second-order valence-electron chi connectivity index (χ2n) is 23.6. The lowest BCUT2D eigenvalue weighted by molar-refractivity contribution is -0.433. The molecule has 508 valence electrons. The van der Waals surface area contributed by atoms with Gasteiger partial charge in [-0.3, -0.25) is 33.6 Å². The van der Waals surface area contributed by atoms with Crippen LogP contribution in [0.2, 0.25) is 0 Å². The number of ether oxygens (including phenoxy) is 2. The smallest absolute Gasteiger partial charge is 0.261 e. The van der Waals surface area contributed by atoms with Crippen LogP contribution in [0.1, 0.15) is 87.6 Å². The van der Waals surface area contributed by atoms with E-state index in [0.717, 1.165) is 65.8 Å². The Balaban J connectivity index is 1.10. The van der Waals surface area contributed by atoms with E-state index in [9.17, 15) is 69.3 Å². The van der Waals surface area contributed by atoms with Crippen LogP contribution < -0.4 is 51.0 Å². The molecule has 3 aromatic rings. The Morgan fingerprint density at radius 3 is 1.96 bits per heavy atom. The van der Waals surface area contributed by atoms with Crippen LogP contribution in [0.4, 0.5) is 11.4 Å². The molecule has 4 heterocycles. The molecule has 4 saturated heterocycles. The average molecular weight is 1310 g/mol. The summed E-state index contributed by atoms with van der Waals surface area (Å²) < 4.78 is 20.5. The van der Waals surface area contributed by atoms with Crippen molar-refractivity contribution in [1.29, 1.82) is 0 Å². The third kappa shape index (κ3) is 19.7. The first-order valence-electron chi connectivity index (χ1n) is 31.0. The molecule has 0 aromatic heterocycles. The number of hydrogen-bond acceptors (Lipinski definition) is 24. The first kappa shape index (κ1) is 72.3. The van der Waals surface area contributed by atoms with Gasteiger partial charge in [-0.15, -0.1) is 0 Å². The number of carbonyl (C=O) groups excluding carboxylic acids is 7. The van der Waals surface area contributed by atoms with E-state index in [4.69, 9.17) is 24.6 Å². The molecule has 0 aliphatic carbocycles. The normalized spacial score (nSPS) is 25.7. The lowest BCUT2D eigenvalue weighted by Crippen LogP contribution is -2.64. The predicted octanol–water partition coefficient (Wildman–Crippen LogP) is -1.25. The van der Waals surface area contributed by atoms with Gasteiger partial charge in [-0.2, -0.15) is 0 Å². The number of phenolic OH excluding ortho intramolecular Hbond substituents is 1. The number of β-amino-alcohol motifs (C(OH)–C–C–N with tert-alkyl or cyclic N) is 1. The molecule has 13 atom stereocenters. The van der Waals surface area contributed by atoms with Crippen molar-refractivity contribution < 1.29 is 97.6 Å². The molecule has 0 spiro atoms. The molecule has 30 nitrogen and oxygen atoms in total. The average Bonchev–Trinajstić information content (AvgIpc) is 1.66. The van der Waals surface area contributed by atoms with Gasteiger partial charge in [0.15, 0.2) is 11.5 Å². The summed E-state index contributed by atoms with van der Waals surface area (Å²) in [6, 6.07) is 7.19. The van der Waals surface area contributed by atoms with Gasteiger partial charge in [0.25, 0.3) is 18.2 Å². The van der Waals surface area contributed by atoms with E-state index in [0.29, 0.717) is 32.8 Å². The number of piperazine rings is 1. The summed E-state index contributed by atoms with van der Waals surface area (Å²) in [6.07, 6.45) is -5.40. The zero-order valence-electron chi connectivity index (χ0n) is 51.7. The van der Waals surface area contributed by atoms with Crippen LogP contribution in [0.25, 0.3) is 0 Å². The van der Waals surface area contributed by atoms with E-state index in [2.05, 4.69) is 45.8 Å². The number of rotatable bonds is 25. The number of nitrogens with one attached hydrogen (secondary N) is 5. The first-order valence-corrected chi connectivity index (χ1v) is 31.6. The van der Waals surface area contributed by atoms with Crippen LogP contribution in [0.3, 0.4) is 0 Å². The fourth-order valence-corrected chi connectivity index (χ4v) is 12.0. The van der Waals surface area contributed by atoms with Gasteiger partial charge >= 0.3 is 0 Å². The summed E-state index contributed by atoms with van der Waals surface area (Å²) in [5.74, 6) is -8.35. The highest BCUT2D eigenvalue weighted by molar-refractivity contribution is 7.90. The summed E-state index contributed by atoms with van der Waals surface area (Å²) in [6.45, 7) is 5.10. The second-order valence-corrected chi connectivity index (χ2v) is 24.1. The maximum absolute atomic E-state index is 14.7. The number of fused-ring (bicyclic) bond motifs is 2. The molecule has 0 radical (unpaired) electrons. The minimum absolute atomic E-state index is 0.0850. The number of amides is 7. The molecular weight excluding hydrogens is 1220 g/mol. The SMILES string of the molecule is COCCCCCCCCOc1ccc(N2CCN(c3ccc(C(=O)N[C@H]4C[C@H](O)CNC(=O)[C@@H]5[C@@H](O)[C@H](C)CN5C(=O)[C@H]([C@H](O)CCN)NC(=O)[C@H]([C@H](O)Cc5ccc(O)c(OSOOO)c5)NC(=O)[C@@H]5C[C@H](O)CN5C(=O)[C@H]([C@H](C)O)NC4=O)cc3)CC2)cc1. The predicted molar refractivity (Wildman–Crippen MR) is 332 cm³/mol. The topological polar surface area (TPSA) is 427 Å². The monoisotopic (exact) mass is 1310 g/mol. The van der Waals surface area contributed by atoms with E-state index < -0.39 is 158 Å². The Labute approximate surface area is 537 Å². The molecule has 3 aromatic carbocycles. The Hall–Kier alpha value is -7.14. The summed E-state index contributed by atoms with van der Waals surface area (Å²) in [5.41, 5.74) is 7.89. The van der Waals surface area contributed by atoms with Crippen LogP contribution >= 0.6 is 12.3 Å². The maximum atomic E-state index is 14.7. The van der Waals surface area contributed by atoms with Gasteiger partial charge in [-0.1, -0.05) is 48.0 Å². The highest BCUT2D eigenvalue weighted by Gasteiger charge is 2.50. The third-order valence-electron chi connectivity index (χ3n) is 16.8. The number of nitrogens with two attached hydrogens (primary N) is 1. The molecule has 0 saturated carbocycles. The van der Waals surface area contributed by atoms with Gasteiger partial charge in [0, 0.05) is 102 Å². The van der Waals surface area contributed by atoms with Gasteiger partial charge in [-0.25, -0.2) is 5.26 Å². The maximum Gasteiger partial charge on any atom is 0.261 e. The van der Waals surface area contributed by atoms with Crippen molar-refractivity contribution in [3.8, 4) is 17.2 Å². The van der Waals surface area contributed by atoms with Gasteiger partial charge in [-0.05, 0) is 99.0 Å². The van der Waals surface area contributed by atoms with Crippen molar-refractivity contribution in [3.63, 3.8) is 0 Å². The second kappa shape index (κ2) is 35.2. The van der Waals surface area contributed by atoms with E-state index >= 15 is 0 Å². The fraction of sp³-hybridized carbons (Fsp3) is 0.590. The van der Waals surface area contributed by atoms with Gasteiger partial charge in [0.05, 0.1) is 43.2 Å². The van der Waals surface area contributed by atoms with Gasteiger partial charge in [0.2, 0.25) is 35.4 Å². The zero-order valence-corrected chi connectivity index (χ0v) is 52.6. The molecule has 7 amide bonds. The van der Waals surface area contributed by atoms with Crippen LogP contribution in [0.15, 0.2) is 66.7 Å². The number of benzene rings is 3. The number of carbonyl (C=O) groups is 7. The van der Waals surface area contributed by atoms with Crippen LogP contribution in [-0.4, -0.2) is 238 Å². The number of methoxy groups -OCH3 is 1. The van der Waals surface area contributed by atoms with Crippen molar-refractivity contribution in [2.24, 2.45) is 11.7 Å². The molecular formula is C61H88N10O20S. The van der Waals surface area contributed by atoms with Crippen molar-refractivity contribution in [2.45, 2.75) is 151 Å². The Bertz CT molecular complexity index is 2910. The lowest BCUT2D eigenvalue weighted by atomic mass is 9.98. The molecule has 0 bridgehead atoms. The van der Waals surface area contributed by atoms with Crippen LogP contribution in [0, 0.1) is 5.92 Å². The summed E-state index contributed by atoms with van der Waals surface area (Å²) in [5, 5.41) is 103. The van der Waals surface area contributed by atoms with Crippen molar-refractivity contribution in [1.82, 2.24) is 36.4 Å². The number of hydrogen-bond donors (Lipinski definition) is 14. The van der Waals surface area contributed by atoms with E-state index in [1.807, 2.05) is 24.3 Å². The number of phenols is 1. The molecule has 92 heavy (non-hydrogen) atoms. The van der Waals surface area contributed by atoms with Crippen LogP contribution in [-0.2, 0) is 49.3 Å². The largest absolute Gasteiger partial charge is 0.504 e. The summed E-state index contributed by atoms with van der Waals surface area (Å²) >= 11 is 0.0850. The first-order chi connectivity index (χ1) is 44.1. The highest BCUT2D eigenvalue weighted by atomic mass is 32.2. The van der Waals surface area contributed by atoms with Crippen LogP contribution in [0.5, 0.6) is 17.2 Å². The molecule has 4 aliphatic rings. The van der Waals surface area contributed by atoms with E-state index in [1.165, 1.54) is 38.3 Å². The van der Waals surface area contributed by atoms with Crippen molar-refractivity contribution in [2.75, 3.05) is 82.5 Å². The number of anilines is 2. The Morgan fingerprint density at radius 1 is 0.717 bits per heavy atom. The quantitative estimate of drug-likeness (QED) is 0.0204. The minimum Gasteiger partial charge on any atom is -0.504 e. The van der Waals surface area contributed by atoms with E-state index in [1.54, 1.807) is 31.4 Å². The lowest BCUT2D eigenvalue weighted by Gasteiger charge is -2.37. The number of aliphatic hydroxyl groups is 6. The number of unbranched alkanes of at least 4 members (excludes halogenated alkanes) is 5. The fourth-order valence-electron chi connectivity index (χ4n) is 11.7. The summed E-state index contributed by atoms with van der Waals surface area (Å²) in [7, 11) is 1.72. The van der Waals surface area contributed by atoms with Gasteiger partial charge < -0.3 is 101 Å². The molecule has 7 rings (SSSR count). The summed E-state index contributed by atoms with van der Waals surface area (Å²) in [4.78, 5) is 108. The van der Waals surface area contributed by atoms with Gasteiger partial charge in [0.1, 0.15) is 42.0 Å². The number of nitrogens with zero attached hydrogens (tertiary/aromatic N) is 4. The standard InChI is InChI=1S/C61H88N10O20S/c1-35-33-71-53(54(35)78)59(83)63-32-41(73)30-44(64-55(79)38-11-13-39(14-12-38)68-22-24-69(25-23-68)40-15-17-43(18-16-40)88-27-9-7-5-4-6-8-26-87-3)56(80)65-50(36(2)72)60(84)70-34-42(74)31-45(70)57(81)66-51(58(82)67-52(61(71)85)47(76)20-21-62)48(77)28-37-10-19-46(75)49(29-37)89-92-91-90-86/h10-19,29,35-36,41-42,44-45,47-48,50-54,72-78,86H,4-9,20-28,30-34,62H2,1-3H3,(H,63,83)(H,64,79)(H,65,80)(H,66,81)(H,67,82)/t35-,36+,41+,42+,44+,45+,47-,48-,50+,51+,52+,53+,54+/m1/s1.